The van der Waals surface area contributed by atoms with Gasteiger partial charge in [-0.05, 0) is 31.9 Å². The van der Waals surface area contributed by atoms with E-state index in [0.29, 0.717) is 4.47 Å². The highest BCUT2D eigenvalue weighted by Gasteiger charge is 1.84. The summed E-state index contributed by atoms with van der Waals surface area (Å²) in [7, 11) is 0. The second kappa shape index (κ2) is 5.18. The minimum atomic E-state index is -2.16. The Morgan fingerprint density at radius 2 is 2.31 bits per heavy atom. The number of halogens is 2. The van der Waals surface area contributed by atoms with E-state index < -0.39 is 6.98 Å². The molecule has 0 aromatic carbocycles. The zero-order valence-corrected chi connectivity index (χ0v) is 9.58. The summed E-state index contributed by atoms with van der Waals surface area (Å²) in [6.45, 7) is -2.16. The van der Waals surface area contributed by atoms with Crippen LogP contribution in [0.15, 0.2) is 33.7 Å². The van der Waals surface area contributed by atoms with Crippen molar-refractivity contribution in [3.05, 3.63) is 33.7 Å². The molecule has 0 amide bonds. The molecule has 4 nitrogen and oxygen atoms in total. The van der Waals surface area contributed by atoms with E-state index in [-0.39, 0.29) is 0 Å². The van der Waals surface area contributed by atoms with Gasteiger partial charge in [0.1, 0.15) is 0 Å². The Bertz CT molecular complexity index is 423. The summed E-state index contributed by atoms with van der Waals surface area (Å²) in [4.78, 5) is 0. The zero-order chi connectivity index (χ0) is 12.2. The van der Waals surface area contributed by atoms with Crippen LogP contribution in [0, 0.1) is 0 Å². The average molecular weight is 311 g/mol. The van der Waals surface area contributed by atoms with Gasteiger partial charge in [-0.15, -0.1) is 0 Å². The Labute approximate surface area is 96.8 Å². The number of aryl methyl sites for hydroxylation is 1. The lowest BCUT2D eigenvalue weighted by atomic mass is 10.8. The lowest BCUT2D eigenvalue weighted by molar-refractivity contribution is 0.767. The smallest absolute Gasteiger partial charge is 0.0632 e. The van der Waals surface area contributed by atoms with Crippen molar-refractivity contribution in [1.29, 1.82) is 0 Å². The third-order valence-corrected chi connectivity index (χ3v) is 1.86. The van der Waals surface area contributed by atoms with Gasteiger partial charge in [-0.1, -0.05) is 0 Å². The lowest BCUT2D eigenvalue weighted by Gasteiger charge is -1.77. The highest BCUT2D eigenvalue weighted by molar-refractivity contribution is 9.10. The van der Waals surface area contributed by atoms with E-state index in [0.717, 1.165) is 9.15 Å². The maximum atomic E-state index is 6.90. The van der Waals surface area contributed by atoms with Gasteiger partial charge in [-0.25, -0.2) is 0 Å². The maximum Gasteiger partial charge on any atom is 0.0632 e. The van der Waals surface area contributed by atoms with Crippen LogP contribution in [-0.2, 0) is 6.98 Å². The van der Waals surface area contributed by atoms with Crippen LogP contribution in [0.5, 0.6) is 0 Å². The molecule has 0 aliphatic rings. The van der Waals surface area contributed by atoms with E-state index in [2.05, 4.69) is 47.2 Å². The minimum Gasteiger partial charge on any atom is -0.285 e. The van der Waals surface area contributed by atoms with Crippen LogP contribution < -0.4 is 0 Å². The lowest BCUT2D eigenvalue weighted by Crippen LogP contribution is -1.83. The number of H-pyrrole nitrogens is 1. The summed E-state index contributed by atoms with van der Waals surface area (Å²) >= 11 is 6.28. The monoisotopic (exact) mass is 309 g/mol. The summed E-state index contributed by atoms with van der Waals surface area (Å²) in [6, 6.07) is 0. The molecule has 2 heterocycles. The predicted octanol–water partition coefficient (Wildman–Crippen LogP) is 2.35. The van der Waals surface area contributed by atoms with Crippen LogP contribution in [-0.4, -0.2) is 20.0 Å². The first-order valence-electron chi connectivity index (χ1n) is 4.74. The standard InChI is InChI=1S/C4H5BrN2.C3H3BrN2/c1-7-3-4(5)2-6-7;4-3-1-5-6-2-3/h2-3H,1H3;1-2H,(H,5,6)/i1D3;. The number of aromatic amines is 1. The van der Waals surface area contributed by atoms with Crippen molar-refractivity contribution in [2.45, 2.75) is 0 Å². The molecule has 0 unspecified atom stereocenters. The van der Waals surface area contributed by atoms with E-state index in [9.17, 15) is 0 Å². The Balaban J connectivity index is 0.000000181. The first-order chi connectivity index (χ1) is 7.39. The van der Waals surface area contributed by atoms with E-state index >= 15 is 0 Å². The van der Waals surface area contributed by atoms with Crippen molar-refractivity contribution < 1.29 is 4.11 Å². The van der Waals surface area contributed by atoms with Gasteiger partial charge in [0.25, 0.3) is 0 Å². The topological polar surface area (TPSA) is 46.5 Å². The molecule has 1 N–H and O–H groups in total. The molecule has 0 fully saturated rings. The molecule has 0 aliphatic carbocycles. The highest BCUT2D eigenvalue weighted by atomic mass is 79.9. The fourth-order valence-corrected chi connectivity index (χ4v) is 1.03. The second-order valence-corrected chi connectivity index (χ2v) is 3.85. The SMILES string of the molecule is Brc1cn[nH]c1.[2H]C([2H])([2H])n1cc(Br)cn1. The molecular weight excluding hydrogens is 300 g/mol. The molecule has 0 atom stereocenters. The molecule has 0 saturated heterocycles. The van der Waals surface area contributed by atoms with Crippen molar-refractivity contribution in [3.8, 4) is 0 Å². The van der Waals surface area contributed by atoms with Gasteiger partial charge < -0.3 is 0 Å². The van der Waals surface area contributed by atoms with E-state index in [1.54, 1.807) is 12.4 Å². The van der Waals surface area contributed by atoms with Crippen molar-refractivity contribution in [2.24, 2.45) is 6.98 Å². The fraction of sp³-hybridized carbons (Fsp3) is 0.143. The van der Waals surface area contributed by atoms with E-state index in [1.165, 1.54) is 12.4 Å². The molecule has 6 heteroatoms. The normalized spacial score (nSPS) is 13.5. The Morgan fingerprint density at radius 3 is 2.54 bits per heavy atom. The van der Waals surface area contributed by atoms with Gasteiger partial charge >= 0.3 is 0 Å². The molecule has 70 valence electrons. The van der Waals surface area contributed by atoms with Gasteiger partial charge in [0.15, 0.2) is 0 Å². The number of nitrogens with one attached hydrogen (secondary N) is 1. The van der Waals surface area contributed by atoms with Crippen LogP contribution >= 0.6 is 31.9 Å². The summed E-state index contributed by atoms with van der Waals surface area (Å²) in [5.74, 6) is 0. The van der Waals surface area contributed by atoms with E-state index in [1.807, 2.05) is 0 Å². The summed E-state index contributed by atoms with van der Waals surface area (Å²) in [5.41, 5.74) is 0. The predicted molar refractivity (Wildman–Crippen MR) is 57.2 cm³/mol. The van der Waals surface area contributed by atoms with Crippen molar-refractivity contribution in [2.75, 3.05) is 0 Å². The van der Waals surface area contributed by atoms with Crippen molar-refractivity contribution >= 4 is 31.9 Å². The molecule has 2 aromatic heterocycles. The number of hydrogen-bond donors (Lipinski definition) is 1. The van der Waals surface area contributed by atoms with Crippen molar-refractivity contribution in [3.63, 3.8) is 0 Å². The largest absolute Gasteiger partial charge is 0.285 e. The minimum absolute atomic E-state index is 0.670. The van der Waals surface area contributed by atoms with Crippen LogP contribution in [0.1, 0.15) is 4.11 Å². The van der Waals surface area contributed by atoms with Crippen LogP contribution in [0.2, 0.25) is 0 Å². The first-order valence-corrected chi connectivity index (χ1v) is 4.83. The van der Waals surface area contributed by atoms with Crippen LogP contribution in [0.25, 0.3) is 0 Å². The molecule has 0 aliphatic heterocycles. The van der Waals surface area contributed by atoms with Crippen molar-refractivity contribution in [1.82, 2.24) is 20.0 Å². The quantitative estimate of drug-likeness (QED) is 0.812. The number of rotatable bonds is 0. The first kappa shape index (κ1) is 6.78. The average Bonchev–Trinajstić information content (AvgIpc) is 2.76. The molecule has 2 aromatic rings. The summed E-state index contributed by atoms with van der Waals surface area (Å²) < 4.78 is 23.3. The molecule has 0 radical (unpaired) electrons. The number of nitrogens with zero attached hydrogens (tertiary/aromatic N) is 3. The number of hydrogen-bond acceptors (Lipinski definition) is 2. The maximum absolute atomic E-state index is 6.90. The van der Waals surface area contributed by atoms with Gasteiger partial charge in [0.05, 0.1) is 21.3 Å². The molecule has 0 spiro atoms. The molecule has 13 heavy (non-hydrogen) atoms. The Morgan fingerprint density at radius 1 is 1.46 bits per heavy atom. The number of aromatic nitrogens is 4. The molecule has 2 rings (SSSR count). The van der Waals surface area contributed by atoms with Crippen LogP contribution in [0.3, 0.4) is 0 Å². The van der Waals surface area contributed by atoms with Gasteiger partial charge in [0.2, 0.25) is 0 Å². The third-order valence-electron chi connectivity index (χ3n) is 1.02. The second-order valence-electron chi connectivity index (χ2n) is 2.02. The van der Waals surface area contributed by atoms with Gasteiger partial charge in [0, 0.05) is 23.5 Å². The zero-order valence-electron chi connectivity index (χ0n) is 9.41. The fourth-order valence-electron chi connectivity index (χ4n) is 0.536. The Kier molecular flexibility index (Phi) is 2.70. The highest BCUT2D eigenvalue weighted by Crippen LogP contribution is 2.03. The van der Waals surface area contributed by atoms with E-state index in [4.69, 9.17) is 4.11 Å². The summed E-state index contributed by atoms with van der Waals surface area (Å²) in [5, 5.41) is 9.88. The molecular formula is C7H8Br2N4. The molecule has 0 bridgehead atoms. The van der Waals surface area contributed by atoms with Crippen LogP contribution in [0.4, 0.5) is 0 Å². The Hall–Kier alpha value is -0.620. The third kappa shape index (κ3) is 4.23. The summed E-state index contributed by atoms with van der Waals surface area (Å²) in [6.07, 6.45) is 6.30. The van der Waals surface area contributed by atoms with Gasteiger partial charge in [-0.2, -0.15) is 10.2 Å². The van der Waals surface area contributed by atoms with Gasteiger partial charge in [-0.3, -0.25) is 9.78 Å². The molecule has 0 saturated carbocycles.